The van der Waals surface area contributed by atoms with Crippen LogP contribution in [0.4, 0.5) is 5.69 Å². The minimum Gasteiger partial charge on any atom is -0.452 e. The Bertz CT molecular complexity index is 722. The quantitative estimate of drug-likeness (QED) is 0.819. The van der Waals surface area contributed by atoms with Crippen LogP contribution < -0.4 is 5.32 Å². The largest absolute Gasteiger partial charge is 0.452 e. The van der Waals surface area contributed by atoms with Crippen molar-refractivity contribution in [1.82, 2.24) is 4.98 Å². The molecule has 0 spiro atoms. The normalized spacial score (nSPS) is 10.1. The van der Waals surface area contributed by atoms with Crippen LogP contribution in [0, 0.1) is 6.92 Å². The van der Waals surface area contributed by atoms with Gasteiger partial charge in [0.25, 0.3) is 5.91 Å². The molecule has 0 unspecified atom stereocenters. The summed E-state index contributed by atoms with van der Waals surface area (Å²) in [5, 5.41) is 3.16. The van der Waals surface area contributed by atoms with Crippen LogP contribution in [0.1, 0.15) is 15.9 Å². The van der Waals surface area contributed by atoms with Crippen molar-refractivity contribution in [3.8, 4) is 0 Å². The van der Waals surface area contributed by atoms with Crippen molar-refractivity contribution < 1.29 is 14.3 Å². The highest BCUT2D eigenvalue weighted by Crippen LogP contribution is 2.20. The number of anilines is 1. The number of amides is 1. The van der Waals surface area contributed by atoms with Gasteiger partial charge in [0.05, 0.1) is 5.56 Å². The number of aryl methyl sites for hydroxylation is 1. The number of hydrogen-bond donors (Lipinski definition) is 1. The van der Waals surface area contributed by atoms with Gasteiger partial charge in [-0.05, 0) is 46.6 Å². The molecule has 0 radical (unpaired) electrons. The lowest BCUT2D eigenvalue weighted by molar-refractivity contribution is -0.119. The molecule has 0 saturated heterocycles. The van der Waals surface area contributed by atoms with E-state index in [-0.39, 0.29) is 5.56 Å². The van der Waals surface area contributed by atoms with Crippen molar-refractivity contribution >= 4 is 45.1 Å². The predicted molar refractivity (Wildman–Crippen MR) is 87.0 cm³/mol. The third kappa shape index (κ3) is 4.54. The molecule has 7 heteroatoms. The molecule has 114 valence electrons. The van der Waals surface area contributed by atoms with Gasteiger partial charge in [0, 0.05) is 27.6 Å². The fraction of sp³-hybridized carbons (Fsp3) is 0.133. The SMILES string of the molecule is Cc1ccc(Cl)cc1NC(=O)COC(=O)c1cncc(Br)c1. The molecule has 5 nitrogen and oxygen atoms in total. The van der Waals surface area contributed by atoms with E-state index in [1.807, 2.05) is 6.92 Å². The van der Waals surface area contributed by atoms with Crippen LogP contribution in [0.2, 0.25) is 5.02 Å². The van der Waals surface area contributed by atoms with E-state index in [0.29, 0.717) is 15.2 Å². The van der Waals surface area contributed by atoms with Gasteiger partial charge in [-0.1, -0.05) is 17.7 Å². The zero-order valence-electron chi connectivity index (χ0n) is 11.6. The van der Waals surface area contributed by atoms with Crippen LogP contribution >= 0.6 is 27.5 Å². The molecule has 1 amide bonds. The molecule has 1 heterocycles. The van der Waals surface area contributed by atoms with Crippen LogP contribution in [0.5, 0.6) is 0 Å². The van der Waals surface area contributed by atoms with Crippen LogP contribution in [-0.2, 0) is 9.53 Å². The first kappa shape index (κ1) is 16.5. The van der Waals surface area contributed by atoms with Crippen molar-refractivity contribution in [1.29, 1.82) is 0 Å². The minimum atomic E-state index is -0.619. The maximum atomic E-state index is 11.8. The number of rotatable bonds is 4. The van der Waals surface area contributed by atoms with E-state index in [1.54, 1.807) is 30.5 Å². The maximum Gasteiger partial charge on any atom is 0.340 e. The van der Waals surface area contributed by atoms with Crippen molar-refractivity contribution in [3.05, 3.63) is 57.3 Å². The van der Waals surface area contributed by atoms with E-state index in [2.05, 4.69) is 26.2 Å². The lowest BCUT2D eigenvalue weighted by Gasteiger charge is -2.09. The van der Waals surface area contributed by atoms with E-state index < -0.39 is 18.5 Å². The van der Waals surface area contributed by atoms with Gasteiger partial charge in [-0.15, -0.1) is 0 Å². The molecule has 0 aliphatic heterocycles. The van der Waals surface area contributed by atoms with Gasteiger partial charge in [0.15, 0.2) is 6.61 Å². The third-order valence-corrected chi connectivity index (χ3v) is 3.42. The zero-order valence-corrected chi connectivity index (χ0v) is 13.9. The summed E-state index contributed by atoms with van der Waals surface area (Å²) in [6.45, 7) is 1.45. The lowest BCUT2D eigenvalue weighted by Crippen LogP contribution is -2.21. The van der Waals surface area contributed by atoms with Gasteiger partial charge < -0.3 is 10.1 Å². The average Bonchev–Trinajstić information content (AvgIpc) is 2.48. The number of benzene rings is 1. The van der Waals surface area contributed by atoms with Crippen molar-refractivity contribution in [2.24, 2.45) is 0 Å². The van der Waals surface area contributed by atoms with Gasteiger partial charge >= 0.3 is 5.97 Å². The number of nitrogens with one attached hydrogen (secondary N) is 1. The molecule has 2 rings (SSSR count). The minimum absolute atomic E-state index is 0.265. The Morgan fingerprint density at radius 3 is 2.82 bits per heavy atom. The molecule has 0 saturated carbocycles. The van der Waals surface area contributed by atoms with Crippen molar-refractivity contribution in [3.63, 3.8) is 0 Å². The lowest BCUT2D eigenvalue weighted by atomic mass is 10.2. The monoisotopic (exact) mass is 382 g/mol. The number of esters is 1. The molecule has 0 bridgehead atoms. The number of carbonyl (C=O) groups excluding carboxylic acids is 2. The first-order valence-corrected chi connectivity index (χ1v) is 7.46. The number of ether oxygens (including phenoxy) is 1. The summed E-state index contributed by atoms with van der Waals surface area (Å²) in [5.74, 6) is -1.06. The Morgan fingerprint density at radius 2 is 2.09 bits per heavy atom. The van der Waals surface area contributed by atoms with E-state index in [0.717, 1.165) is 5.56 Å². The van der Waals surface area contributed by atoms with Crippen LogP contribution in [-0.4, -0.2) is 23.5 Å². The highest BCUT2D eigenvalue weighted by atomic mass is 79.9. The standard InChI is InChI=1S/C15H12BrClN2O3/c1-9-2-3-12(17)5-13(9)19-14(20)8-22-15(21)10-4-11(16)7-18-6-10/h2-7H,8H2,1H3,(H,19,20). The molecular weight excluding hydrogens is 372 g/mol. The Kier molecular flexibility index (Phi) is 5.51. The molecule has 2 aromatic rings. The highest BCUT2D eigenvalue weighted by Gasteiger charge is 2.12. The molecule has 22 heavy (non-hydrogen) atoms. The topological polar surface area (TPSA) is 68.3 Å². The Balaban J connectivity index is 1.93. The summed E-state index contributed by atoms with van der Waals surface area (Å²) in [4.78, 5) is 27.5. The van der Waals surface area contributed by atoms with E-state index in [1.165, 1.54) is 6.20 Å². The fourth-order valence-corrected chi connectivity index (χ4v) is 2.19. The number of nitrogens with zero attached hydrogens (tertiary/aromatic N) is 1. The van der Waals surface area contributed by atoms with E-state index >= 15 is 0 Å². The summed E-state index contributed by atoms with van der Waals surface area (Å²) in [7, 11) is 0. The molecule has 0 aliphatic rings. The Labute approximate surface area is 140 Å². The third-order valence-electron chi connectivity index (χ3n) is 2.75. The first-order chi connectivity index (χ1) is 10.5. The van der Waals surface area contributed by atoms with Crippen LogP contribution in [0.25, 0.3) is 0 Å². The number of carbonyl (C=O) groups is 2. The molecule has 1 aromatic carbocycles. The first-order valence-electron chi connectivity index (χ1n) is 6.29. The van der Waals surface area contributed by atoms with Crippen molar-refractivity contribution in [2.75, 3.05) is 11.9 Å². The fourth-order valence-electron chi connectivity index (χ4n) is 1.65. The molecule has 1 N–H and O–H groups in total. The van der Waals surface area contributed by atoms with Gasteiger partial charge in [0.2, 0.25) is 0 Å². The van der Waals surface area contributed by atoms with Crippen molar-refractivity contribution in [2.45, 2.75) is 6.92 Å². The summed E-state index contributed by atoms with van der Waals surface area (Å²) in [6.07, 6.45) is 2.91. The smallest absolute Gasteiger partial charge is 0.340 e. The second-order valence-corrected chi connectivity index (χ2v) is 5.83. The molecular formula is C15H12BrClN2O3. The average molecular weight is 384 g/mol. The van der Waals surface area contributed by atoms with Gasteiger partial charge in [-0.2, -0.15) is 0 Å². The summed E-state index contributed by atoms with van der Waals surface area (Å²) >= 11 is 9.08. The second kappa shape index (κ2) is 7.38. The summed E-state index contributed by atoms with van der Waals surface area (Å²) in [5.41, 5.74) is 1.71. The number of hydrogen-bond acceptors (Lipinski definition) is 4. The molecule has 1 aromatic heterocycles. The highest BCUT2D eigenvalue weighted by molar-refractivity contribution is 9.10. The Morgan fingerprint density at radius 1 is 1.32 bits per heavy atom. The number of aromatic nitrogens is 1. The van der Waals surface area contributed by atoms with Crippen LogP contribution in [0.3, 0.4) is 0 Å². The molecule has 0 fully saturated rings. The molecule has 0 aliphatic carbocycles. The number of pyridine rings is 1. The number of halogens is 2. The summed E-state index contributed by atoms with van der Waals surface area (Å²) < 4.78 is 5.60. The van der Waals surface area contributed by atoms with E-state index in [9.17, 15) is 9.59 Å². The second-order valence-electron chi connectivity index (χ2n) is 4.48. The van der Waals surface area contributed by atoms with Crippen LogP contribution in [0.15, 0.2) is 41.1 Å². The Hall–Kier alpha value is -1.92. The maximum absolute atomic E-state index is 11.8. The van der Waals surface area contributed by atoms with Gasteiger partial charge in [-0.25, -0.2) is 4.79 Å². The zero-order chi connectivity index (χ0) is 16.1. The summed E-state index contributed by atoms with van der Waals surface area (Å²) in [6, 6.07) is 6.72. The van der Waals surface area contributed by atoms with E-state index in [4.69, 9.17) is 16.3 Å². The van der Waals surface area contributed by atoms with Gasteiger partial charge in [-0.3, -0.25) is 9.78 Å². The predicted octanol–water partition coefficient (Wildman–Crippen LogP) is 3.60. The van der Waals surface area contributed by atoms with Gasteiger partial charge in [0.1, 0.15) is 0 Å². The molecule has 0 atom stereocenters.